The van der Waals surface area contributed by atoms with Crippen LogP contribution in [0.3, 0.4) is 0 Å². The number of ether oxygens (including phenoxy) is 2. The fourth-order valence-electron chi connectivity index (χ4n) is 2.67. The van der Waals surface area contributed by atoms with E-state index in [9.17, 15) is 4.79 Å². The monoisotopic (exact) mass is 325 g/mol. The van der Waals surface area contributed by atoms with Gasteiger partial charge in [0.05, 0.1) is 17.9 Å². The quantitative estimate of drug-likeness (QED) is 0.784. The van der Waals surface area contributed by atoms with E-state index in [1.165, 1.54) is 0 Å². The SMILES string of the molecule is CC1OC2(OC1C)C(=O)N(CCBr)c1ccccc12. The Morgan fingerprint density at radius 1 is 1.26 bits per heavy atom. The smallest absolute Gasteiger partial charge is 0.292 e. The van der Waals surface area contributed by atoms with Crippen molar-refractivity contribution >= 4 is 27.5 Å². The number of fused-ring (bicyclic) bond motifs is 2. The molecule has 1 aromatic carbocycles. The molecule has 1 saturated heterocycles. The maximum atomic E-state index is 12.7. The summed E-state index contributed by atoms with van der Waals surface area (Å²) >= 11 is 3.38. The van der Waals surface area contributed by atoms with Crippen LogP contribution in [0.5, 0.6) is 0 Å². The predicted octanol–water partition coefficient (Wildman–Crippen LogP) is 2.40. The third kappa shape index (κ3) is 1.75. The normalized spacial score (nSPS) is 33.2. The van der Waals surface area contributed by atoms with Crippen LogP contribution in [0.2, 0.25) is 0 Å². The number of nitrogens with zero attached hydrogens (tertiary/aromatic N) is 1. The van der Waals surface area contributed by atoms with Crippen LogP contribution in [-0.4, -0.2) is 30.0 Å². The number of anilines is 1. The molecule has 1 amide bonds. The fraction of sp³-hybridized carbons (Fsp3) is 0.500. The van der Waals surface area contributed by atoms with E-state index in [2.05, 4.69) is 15.9 Å². The minimum Gasteiger partial charge on any atom is -0.333 e. The van der Waals surface area contributed by atoms with Crippen molar-refractivity contribution in [2.45, 2.75) is 31.8 Å². The molecule has 0 aliphatic carbocycles. The lowest BCUT2D eigenvalue weighted by Gasteiger charge is -2.22. The summed E-state index contributed by atoms with van der Waals surface area (Å²) in [4.78, 5) is 14.5. The topological polar surface area (TPSA) is 38.8 Å². The number of hydrogen-bond acceptors (Lipinski definition) is 3. The minimum absolute atomic E-state index is 0.0964. The summed E-state index contributed by atoms with van der Waals surface area (Å²) in [7, 11) is 0. The standard InChI is InChI=1S/C14H16BrNO3/c1-9-10(2)19-14(18-9)11-5-3-4-6-12(11)16(8-7-15)13(14)17/h3-6,9-10H,7-8H2,1-2H3. The van der Waals surface area contributed by atoms with Crippen molar-refractivity contribution < 1.29 is 14.3 Å². The maximum Gasteiger partial charge on any atom is 0.292 e. The highest BCUT2D eigenvalue weighted by molar-refractivity contribution is 9.09. The van der Waals surface area contributed by atoms with Gasteiger partial charge in [-0.1, -0.05) is 34.1 Å². The summed E-state index contributed by atoms with van der Waals surface area (Å²) in [6.45, 7) is 4.47. The third-order valence-corrected chi connectivity index (χ3v) is 4.10. The summed E-state index contributed by atoms with van der Waals surface area (Å²) in [6.07, 6.45) is -0.193. The van der Waals surface area contributed by atoms with Crippen LogP contribution in [0.1, 0.15) is 19.4 Å². The highest BCUT2D eigenvalue weighted by Crippen LogP contribution is 2.48. The first-order valence-electron chi connectivity index (χ1n) is 6.43. The Balaban J connectivity index is 2.10. The number of carbonyl (C=O) groups excluding carboxylic acids is 1. The molecule has 2 unspecified atom stereocenters. The van der Waals surface area contributed by atoms with E-state index in [0.29, 0.717) is 11.9 Å². The molecular formula is C14H16BrNO3. The van der Waals surface area contributed by atoms with Crippen LogP contribution in [0, 0.1) is 0 Å². The molecule has 102 valence electrons. The van der Waals surface area contributed by atoms with Crippen LogP contribution >= 0.6 is 15.9 Å². The van der Waals surface area contributed by atoms with Crippen molar-refractivity contribution in [1.82, 2.24) is 0 Å². The first-order chi connectivity index (χ1) is 9.10. The number of para-hydroxylation sites is 1. The van der Waals surface area contributed by atoms with Crippen LogP contribution in [0.15, 0.2) is 24.3 Å². The van der Waals surface area contributed by atoms with Crippen LogP contribution in [-0.2, 0) is 20.1 Å². The second kappa shape index (κ2) is 4.58. The molecule has 19 heavy (non-hydrogen) atoms. The Morgan fingerprint density at radius 3 is 2.53 bits per heavy atom. The van der Waals surface area contributed by atoms with Gasteiger partial charge in [-0.3, -0.25) is 4.79 Å². The van der Waals surface area contributed by atoms with Gasteiger partial charge in [0.15, 0.2) is 0 Å². The highest BCUT2D eigenvalue weighted by Gasteiger charge is 2.59. The molecule has 3 rings (SSSR count). The van der Waals surface area contributed by atoms with Crippen molar-refractivity contribution in [1.29, 1.82) is 0 Å². The first-order valence-corrected chi connectivity index (χ1v) is 7.55. The molecule has 2 aliphatic heterocycles. The molecule has 1 spiro atoms. The van der Waals surface area contributed by atoms with Gasteiger partial charge in [-0.05, 0) is 19.9 Å². The molecule has 0 N–H and O–H groups in total. The molecule has 1 fully saturated rings. The predicted molar refractivity (Wildman–Crippen MR) is 75.4 cm³/mol. The molecule has 0 radical (unpaired) electrons. The lowest BCUT2D eigenvalue weighted by atomic mass is 10.1. The minimum atomic E-state index is -1.24. The largest absolute Gasteiger partial charge is 0.333 e. The van der Waals surface area contributed by atoms with Gasteiger partial charge < -0.3 is 14.4 Å². The summed E-state index contributed by atoms with van der Waals surface area (Å²) in [6, 6.07) is 7.68. The maximum absolute atomic E-state index is 12.7. The first kappa shape index (κ1) is 13.1. The zero-order valence-corrected chi connectivity index (χ0v) is 12.5. The number of benzene rings is 1. The zero-order valence-electron chi connectivity index (χ0n) is 10.9. The number of carbonyl (C=O) groups is 1. The van der Waals surface area contributed by atoms with E-state index in [0.717, 1.165) is 11.3 Å². The van der Waals surface area contributed by atoms with Gasteiger partial charge >= 0.3 is 0 Å². The molecule has 2 aliphatic rings. The van der Waals surface area contributed by atoms with Crippen molar-refractivity contribution in [3.63, 3.8) is 0 Å². The van der Waals surface area contributed by atoms with E-state index >= 15 is 0 Å². The van der Waals surface area contributed by atoms with E-state index in [1.807, 2.05) is 38.1 Å². The Morgan fingerprint density at radius 2 is 1.89 bits per heavy atom. The second-order valence-electron chi connectivity index (χ2n) is 4.93. The fourth-order valence-corrected chi connectivity index (χ4v) is 3.02. The van der Waals surface area contributed by atoms with Gasteiger partial charge in [-0.15, -0.1) is 0 Å². The number of halogens is 1. The Hall–Kier alpha value is -0.910. The van der Waals surface area contributed by atoms with Crippen LogP contribution in [0.25, 0.3) is 0 Å². The average molecular weight is 326 g/mol. The summed E-state index contributed by atoms with van der Waals surface area (Å²) in [5, 5.41) is 0.717. The van der Waals surface area contributed by atoms with E-state index in [4.69, 9.17) is 9.47 Å². The van der Waals surface area contributed by atoms with E-state index < -0.39 is 5.79 Å². The molecule has 0 bridgehead atoms. The summed E-state index contributed by atoms with van der Waals surface area (Å²) in [5.74, 6) is -1.36. The zero-order chi connectivity index (χ0) is 13.6. The molecule has 1 aromatic rings. The Bertz CT molecular complexity index is 509. The van der Waals surface area contributed by atoms with Crippen LogP contribution in [0.4, 0.5) is 5.69 Å². The lowest BCUT2D eigenvalue weighted by Crippen LogP contribution is -2.42. The third-order valence-electron chi connectivity index (χ3n) is 3.75. The van der Waals surface area contributed by atoms with Gasteiger partial charge in [0, 0.05) is 17.4 Å². The van der Waals surface area contributed by atoms with Crippen molar-refractivity contribution in [2.24, 2.45) is 0 Å². The highest BCUT2D eigenvalue weighted by atomic mass is 79.9. The molecule has 4 nitrogen and oxygen atoms in total. The van der Waals surface area contributed by atoms with Gasteiger partial charge in [-0.25, -0.2) is 0 Å². The van der Waals surface area contributed by atoms with Gasteiger partial charge in [-0.2, -0.15) is 0 Å². The molecule has 2 atom stereocenters. The molecular weight excluding hydrogens is 310 g/mol. The van der Waals surface area contributed by atoms with Crippen molar-refractivity contribution in [3.05, 3.63) is 29.8 Å². The van der Waals surface area contributed by atoms with Gasteiger partial charge in [0.25, 0.3) is 11.7 Å². The lowest BCUT2D eigenvalue weighted by molar-refractivity contribution is -0.188. The molecule has 5 heteroatoms. The summed E-state index contributed by atoms with van der Waals surface area (Å²) in [5.41, 5.74) is 1.70. The van der Waals surface area contributed by atoms with Crippen molar-refractivity contribution in [3.8, 4) is 0 Å². The number of hydrogen-bond donors (Lipinski definition) is 0. The van der Waals surface area contributed by atoms with Crippen molar-refractivity contribution in [2.75, 3.05) is 16.8 Å². The Labute approximate surface area is 120 Å². The molecule has 0 aromatic heterocycles. The average Bonchev–Trinajstić information content (AvgIpc) is 2.82. The number of rotatable bonds is 2. The summed E-state index contributed by atoms with van der Waals surface area (Å²) < 4.78 is 11.8. The van der Waals surface area contributed by atoms with E-state index in [1.54, 1.807) is 4.90 Å². The number of amides is 1. The molecule has 2 heterocycles. The van der Waals surface area contributed by atoms with Crippen LogP contribution < -0.4 is 4.90 Å². The van der Waals surface area contributed by atoms with Gasteiger partial charge in [0.1, 0.15) is 0 Å². The van der Waals surface area contributed by atoms with E-state index in [-0.39, 0.29) is 18.1 Å². The number of alkyl halides is 1. The Kier molecular flexibility index (Phi) is 3.15. The molecule has 0 saturated carbocycles. The second-order valence-corrected chi connectivity index (χ2v) is 5.72. The van der Waals surface area contributed by atoms with Gasteiger partial charge in [0.2, 0.25) is 0 Å².